The second-order valence-corrected chi connectivity index (χ2v) is 14.0. The normalized spacial score (nSPS) is 22.2. The smallest absolute Gasteiger partial charge is 0.410 e. The molecule has 0 aliphatic carbocycles. The minimum absolute atomic E-state index is 0.0729. The Morgan fingerprint density at radius 3 is 2.32 bits per heavy atom. The van der Waals surface area contributed by atoms with Gasteiger partial charge in [-0.2, -0.15) is 9.97 Å². The van der Waals surface area contributed by atoms with Gasteiger partial charge in [-0.3, -0.25) is 14.8 Å². The maximum Gasteiger partial charge on any atom is 0.410 e. The van der Waals surface area contributed by atoms with E-state index in [2.05, 4.69) is 14.9 Å². The molecule has 10 nitrogen and oxygen atoms in total. The number of piperazine rings is 1. The highest BCUT2D eigenvalue weighted by Gasteiger charge is 2.46. The van der Waals surface area contributed by atoms with E-state index in [1.165, 1.54) is 6.20 Å². The maximum absolute atomic E-state index is 16.5. The van der Waals surface area contributed by atoms with E-state index in [0.717, 1.165) is 58.7 Å². The van der Waals surface area contributed by atoms with Crippen molar-refractivity contribution < 1.29 is 36.6 Å². The van der Waals surface area contributed by atoms with Crippen LogP contribution in [0, 0.1) is 23.3 Å². The lowest BCUT2D eigenvalue weighted by Crippen LogP contribution is -2.57. The van der Waals surface area contributed by atoms with Crippen molar-refractivity contribution in [1.82, 2.24) is 24.8 Å². The number of carbonyl (C=O) groups is 1. The summed E-state index contributed by atoms with van der Waals surface area (Å²) in [4.78, 5) is 32.5. The van der Waals surface area contributed by atoms with Gasteiger partial charge in [0.1, 0.15) is 35.1 Å². The zero-order chi connectivity index (χ0) is 33.2. The number of ether oxygens (including phenoxy) is 3. The monoisotopic (exact) mass is 658 g/mol. The third-order valence-corrected chi connectivity index (χ3v) is 9.88. The molecule has 0 N–H and O–H groups in total. The van der Waals surface area contributed by atoms with Gasteiger partial charge in [0, 0.05) is 25.4 Å². The highest BCUT2D eigenvalue weighted by molar-refractivity contribution is 5.92. The number of pyridine rings is 1. The molecule has 252 valence electrons. The molecule has 2 atom stereocenters. The van der Waals surface area contributed by atoms with Crippen LogP contribution >= 0.6 is 0 Å². The average molecular weight is 659 g/mol. The first-order valence-corrected chi connectivity index (χ1v) is 16.1. The van der Waals surface area contributed by atoms with Gasteiger partial charge in [-0.05, 0) is 72.4 Å². The number of fused-ring (bicyclic) bond motifs is 4. The Morgan fingerprint density at radius 1 is 1.00 bits per heavy atom. The molecule has 4 aliphatic rings. The van der Waals surface area contributed by atoms with Crippen LogP contribution in [0.1, 0.15) is 59.3 Å². The third kappa shape index (κ3) is 5.47. The Bertz CT molecular complexity index is 1710. The first-order chi connectivity index (χ1) is 22.4. The topological polar surface area (TPSA) is 93.2 Å². The summed E-state index contributed by atoms with van der Waals surface area (Å²) in [5, 5.41) is 0.208. The number of carbonyl (C=O) groups excluding carboxylic acids is 1. The van der Waals surface area contributed by atoms with Crippen LogP contribution in [0.25, 0.3) is 22.2 Å². The molecular formula is C33H38F4N6O4. The van der Waals surface area contributed by atoms with Crippen molar-refractivity contribution >= 4 is 22.8 Å². The highest BCUT2D eigenvalue weighted by Crippen LogP contribution is 2.41. The van der Waals surface area contributed by atoms with Crippen LogP contribution in [0.2, 0.25) is 0 Å². The maximum atomic E-state index is 16.5. The number of hydrogen-bond donors (Lipinski definition) is 0. The number of amides is 1. The standard InChI is InChI=1S/C33H38F4N6O4/c1-32(2,3)47-31(44)43-18-7-8-19(43)16-41(15-18)29-20-14-38-27(23-21(34)13-22(35)28(45-4)24(23)36)25(37)26(20)39-30(40-29)46-17-33-9-5-11-42(33)12-6-10-33/h13-14,18-19H,5-12,15-17H2,1-4H3/t18-,19+. The first-order valence-electron chi connectivity index (χ1n) is 16.1. The minimum atomic E-state index is -1.42. The molecule has 0 saturated carbocycles. The summed E-state index contributed by atoms with van der Waals surface area (Å²) in [6, 6.07) is 0.0106. The van der Waals surface area contributed by atoms with Crippen molar-refractivity contribution in [2.24, 2.45) is 0 Å². The second-order valence-electron chi connectivity index (χ2n) is 14.0. The predicted molar refractivity (Wildman–Crippen MR) is 165 cm³/mol. The van der Waals surface area contributed by atoms with E-state index >= 15 is 13.2 Å². The van der Waals surface area contributed by atoms with E-state index in [-0.39, 0.29) is 40.6 Å². The van der Waals surface area contributed by atoms with Gasteiger partial charge in [0.2, 0.25) is 0 Å². The molecular weight excluding hydrogens is 620 g/mol. The van der Waals surface area contributed by atoms with Crippen LogP contribution in [0.3, 0.4) is 0 Å². The van der Waals surface area contributed by atoms with E-state index in [1.54, 1.807) is 4.90 Å². The molecule has 1 amide bonds. The van der Waals surface area contributed by atoms with Crippen LogP contribution in [0.15, 0.2) is 12.3 Å². The van der Waals surface area contributed by atoms with Gasteiger partial charge in [0.25, 0.3) is 0 Å². The molecule has 1 aromatic carbocycles. The molecule has 0 radical (unpaired) electrons. The largest absolute Gasteiger partial charge is 0.491 e. The van der Waals surface area contributed by atoms with Gasteiger partial charge >= 0.3 is 12.1 Å². The van der Waals surface area contributed by atoms with Crippen molar-refractivity contribution in [3.8, 4) is 23.0 Å². The van der Waals surface area contributed by atoms with Gasteiger partial charge in [-0.15, -0.1) is 0 Å². The van der Waals surface area contributed by atoms with E-state index < -0.39 is 45.9 Å². The number of aromatic nitrogens is 3. The average Bonchev–Trinajstić information content (AvgIpc) is 3.67. The summed E-state index contributed by atoms with van der Waals surface area (Å²) in [6.07, 6.45) is 6.44. The van der Waals surface area contributed by atoms with E-state index in [1.807, 2.05) is 25.7 Å². The minimum Gasteiger partial charge on any atom is -0.491 e. The number of benzene rings is 1. The van der Waals surface area contributed by atoms with Crippen molar-refractivity contribution in [2.75, 3.05) is 44.8 Å². The van der Waals surface area contributed by atoms with Crippen molar-refractivity contribution in [3.05, 3.63) is 35.5 Å². The highest BCUT2D eigenvalue weighted by atomic mass is 19.1. The summed E-state index contributed by atoms with van der Waals surface area (Å²) in [6.45, 7) is 8.53. The van der Waals surface area contributed by atoms with Gasteiger partial charge in [-0.1, -0.05) is 0 Å². The Hall–Kier alpha value is -3.94. The summed E-state index contributed by atoms with van der Waals surface area (Å²) >= 11 is 0. The Kier molecular flexibility index (Phi) is 7.84. The second kappa shape index (κ2) is 11.6. The predicted octanol–water partition coefficient (Wildman–Crippen LogP) is 5.85. The Labute approximate surface area is 270 Å². The molecule has 6 heterocycles. The van der Waals surface area contributed by atoms with Crippen molar-refractivity contribution in [1.29, 1.82) is 0 Å². The fourth-order valence-electron chi connectivity index (χ4n) is 7.83. The van der Waals surface area contributed by atoms with Gasteiger partial charge in [0.15, 0.2) is 23.2 Å². The van der Waals surface area contributed by atoms with Gasteiger partial charge < -0.3 is 19.1 Å². The molecule has 2 aromatic heterocycles. The number of halogens is 4. The van der Waals surface area contributed by atoms with Crippen LogP contribution in [-0.4, -0.2) is 94.0 Å². The van der Waals surface area contributed by atoms with Crippen LogP contribution < -0.4 is 14.4 Å². The summed E-state index contributed by atoms with van der Waals surface area (Å²) in [5.74, 6) is -5.65. The molecule has 2 bridgehead atoms. The van der Waals surface area contributed by atoms with Crippen LogP contribution in [0.5, 0.6) is 11.8 Å². The zero-order valence-electron chi connectivity index (χ0n) is 26.9. The molecule has 7 rings (SSSR count). The summed E-state index contributed by atoms with van der Waals surface area (Å²) < 4.78 is 77.7. The lowest BCUT2D eigenvalue weighted by molar-refractivity contribution is 0.0122. The molecule has 14 heteroatoms. The van der Waals surface area contributed by atoms with Gasteiger partial charge in [0.05, 0.1) is 35.7 Å². The van der Waals surface area contributed by atoms with Crippen molar-refractivity contribution in [3.63, 3.8) is 0 Å². The fourth-order valence-corrected chi connectivity index (χ4v) is 7.83. The number of anilines is 1. The summed E-state index contributed by atoms with van der Waals surface area (Å²) in [7, 11) is 1.03. The Morgan fingerprint density at radius 2 is 1.68 bits per heavy atom. The Balaban J connectivity index is 1.29. The molecule has 47 heavy (non-hydrogen) atoms. The van der Waals surface area contributed by atoms with Crippen molar-refractivity contribution in [2.45, 2.75) is 82.5 Å². The van der Waals surface area contributed by atoms with E-state index in [4.69, 9.17) is 19.2 Å². The molecule has 4 aliphatic heterocycles. The molecule has 0 unspecified atom stereocenters. The molecule has 0 spiro atoms. The fraction of sp³-hybridized carbons (Fsp3) is 0.576. The SMILES string of the molecule is COc1c(F)cc(F)c(-c2ncc3c(N4C[C@H]5CC[C@@H](C4)N5C(=O)OC(C)(C)C)nc(OCC45CCCN4CCC5)nc3c2F)c1F. The van der Waals surface area contributed by atoms with E-state index in [0.29, 0.717) is 31.6 Å². The lowest BCUT2D eigenvalue weighted by Gasteiger charge is -2.42. The number of methoxy groups -OCH3 is 1. The summed E-state index contributed by atoms with van der Waals surface area (Å²) in [5.41, 5.74) is -2.60. The van der Waals surface area contributed by atoms with E-state index in [9.17, 15) is 9.18 Å². The lowest BCUT2D eigenvalue weighted by atomic mass is 9.95. The third-order valence-electron chi connectivity index (χ3n) is 9.88. The number of hydrogen-bond acceptors (Lipinski definition) is 9. The van der Waals surface area contributed by atoms with Crippen LogP contribution in [-0.2, 0) is 4.74 Å². The van der Waals surface area contributed by atoms with Gasteiger partial charge in [-0.25, -0.2) is 22.4 Å². The molecule has 4 fully saturated rings. The first kappa shape index (κ1) is 31.6. The molecule has 4 saturated heterocycles. The number of rotatable bonds is 6. The number of nitrogens with zero attached hydrogens (tertiary/aromatic N) is 6. The quantitative estimate of drug-likeness (QED) is 0.303. The molecule has 3 aromatic rings. The van der Waals surface area contributed by atoms with Crippen LogP contribution in [0.4, 0.5) is 28.2 Å². The zero-order valence-corrected chi connectivity index (χ0v) is 26.9.